The van der Waals surface area contributed by atoms with Crippen LogP contribution in [0.5, 0.6) is 0 Å². The van der Waals surface area contributed by atoms with Gasteiger partial charge in [0.1, 0.15) is 30.0 Å². The molecular formula is C44H76N2O12. The van der Waals surface area contributed by atoms with Gasteiger partial charge in [-0.1, -0.05) is 51.1 Å². The van der Waals surface area contributed by atoms with E-state index in [0.29, 0.717) is 19.5 Å². The number of ether oxygens (including phenoxy) is 6. The first-order valence-electron chi connectivity index (χ1n) is 21.3. The summed E-state index contributed by atoms with van der Waals surface area (Å²) in [6, 6.07) is 9.12. The van der Waals surface area contributed by atoms with E-state index < -0.39 is 96.0 Å². The van der Waals surface area contributed by atoms with Gasteiger partial charge in [-0.05, 0) is 93.3 Å². The molecule has 3 fully saturated rings. The molecule has 0 radical (unpaired) electrons. The Morgan fingerprint density at radius 2 is 1.57 bits per heavy atom. The average molecular weight is 825 g/mol. The van der Waals surface area contributed by atoms with E-state index in [1.54, 1.807) is 41.5 Å². The molecule has 0 amide bonds. The Morgan fingerprint density at radius 1 is 0.931 bits per heavy atom. The van der Waals surface area contributed by atoms with Crippen LogP contribution in [0, 0.1) is 17.8 Å². The number of hydrogen-bond donors (Lipinski definition) is 5. The number of esters is 1. The number of rotatable bonds is 9. The van der Waals surface area contributed by atoms with Gasteiger partial charge in [-0.15, -0.1) is 0 Å². The lowest BCUT2D eigenvalue weighted by Gasteiger charge is -2.49. The highest BCUT2D eigenvalue weighted by molar-refractivity contribution is 5.73. The van der Waals surface area contributed by atoms with Gasteiger partial charge >= 0.3 is 5.97 Å². The zero-order valence-corrected chi connectivity index (χ0v) is 37.3. The van der Waals surface area contributed by atoms with E-state index in [0.717, 1.165) is 5.56 Å². The molecule has 3 saturated heterocycles. The number of benzene rings is 1. The van der Waals surface area contributed by atoms with Gasteiger partial charge in [-0.2, -0.15) is 0 Å². The van der Waals surface area contributed by atoms with Gasteiger partial charge in [0.25, 0.3) is 0 Å². The Morgan fingerprint density at radius 3 is 2.17 bits per heavy atom. The largest absolute Gasteiger partial charge is 0.459 e. The molecule has 3 heterocycles. The molecule has 58 heavy (non-hydrogen) atoms. The molecule has 5 N–H and O–H groups in total. The van der Waals surface area contributed by atoms with Crippen LogP contribution in [0.3, 0.4) is 0 Å². The lowest BCUT2D eigenvalue weighted by Crippen LogP contribution is -2.60. The Labute approximate surface area is 347 Å². The second-order valence-corrected chi connectivity index (χ2v) is 18.6. The van der Waals surface area contributed by atoms with Crippen LogP contribution < -0.4 is 0 Å². The van der Waals surface area contributed by atoms with Gasteiger partial charge in [-0.3, -0.25) is 9.69 Å². The minimum Gasteiger partial charge on any atom is -0.459 e. The summed E-state index contributed by atoms with van der Waals surface area (Å²) in [7, 11) is 5.32. The summed E-state index contributed by atoms with van der Waals surface area (Å²) in [5, 5.41) is 59.1. The molecule has 14 heteroatoms. The van der Waals surface area contributed by atoms with Gasteiger partial charge in [-0.25, -0.2) is 0 Å². The van der Waals surface area contributed by atoms with Crippen molar-refractivity contribution in [1.29, 1.82) is 0 Å². The van der Waals surface area contributed by atoms with Crippen LogP contribution in [0.2, 0.25) is 0 Å². The maximum absolute atomic E-state index is 14.3. The topological polar surface area (TPSA) is 180 Å². The molecule has 18 atom stereocenters. The van der Waals surface area contributed by atoms with Crippen molar-refractivity contribution < 1.29 is 58.7 Å². The van der Waals surface area contributed by atoms with Crippen molar-refractivity contribution >= 4 is 5.97 Å². The molecule has 1 aromatic rings. The van der Waals surface area contributed by atoms with E-state index in [4.69, 9.17) is 28.4 Å². The Kier molecular flexibility index (Phi) is 16.8. The van der Waals surface area contributed by atoms with Gasteiger partial charge in [0.05, 0.1) is 41.5 Å². The summed E-state index contributed by atoms with van der Waals surface area (Å²) >= 11 is 0. The first-order valence-corrected chi connectivity index (χ1v) is 21.3. The van der Waals surface area contributed by atoms with Crippen molar-refractivity contribution in [3.63, 3.8) is 0 Å². The number of nitrogens with zero attached hydrogens (tertiary/aromatic N) is 2. The van der Waals surface area contributed by atoms with Crippen LogP contribution in [0.4, 0.5) is 0 Å². The average Bonchev–Trinajstić information content (AvgIpc) is 3.16. The summed E-state index contributed by atoms with van der Waals surface area (Å²) in [6.07, 6.45) is -8.51. The molecule has 4 rings (SSSR count). The van der Waals surface area contributed by atoms with E-state index >= 15 is 0 Å². The van der Waals surface area contributed by atoms with E-state index in [2.05, 4.69) is 4.90 Å². The number of cyclic esters (lactones) is 1. The van der Waals surface area contributed by atoms with Gasteiger partial charge in [0, 0.05) is 44.6 Å². The Bertz CT molecular complexity index is 1440. The zero-order valence-electron chi connectivity index (χ0n) is 37.3. The third-order valence-electron chi connectivity index (χ3n) is 13.4. The summed E-state index contributed by atoms with van der Waals surface area (Å²) < 4.78 is 38.0. The number of carbonyl (C=O) groups is 1. The number of methoxy groups -OCH3 is 1. The molecule has 1 aromatic carbocycles. The van der Waals surface area contributed by atoms with Crippen LogP contribution in [-0.4, -0.2) is 159 Å². The lowest BCUT2D eigenvalue weighted by atomic mass is 9.77. The molecule has 3 aliphatic rings. The fraction of sp³-hybridized carbons (Fsp3) is 0.841. The number of aliphatic hydroxyl groups excluding tert-OH is 3. The molecule has 334 valence electrons. The standard InChI is InChI=1S/C44H76N2O12/c1-14-33-44(10,52)37(48)29(6)45(11)23-25(2)21-42(8,51)39(58-41-35(47)32(20-26(3)54-41)46(12)24-31-18-16-15-17-19-31)27(4)36(28(5)40(50)56-33)57-34-22-43(9,53-13)38(49)30(7)55-34/h15-19,25-30,32-39,41,47-49,51-52H,14,20-24H2,1-13H3/t25-,26-,27+,28-,29-,30+,32+,33-,34+,35-,36+,37-,38+,39-,41+,42+,43-,44-/m1/s1. The van der Waals surface area contributed by atoms with Crippen LogP contribution in [0.25, 0.3) is 0 Å². The summed E-state index contributed by atoms with van der Waals surface area (Å²) in [5.74, 6) is -2.65. The second-order valence-electron chi connectivity index (χ2n) is 18.6. The molecule has 0 aliphatic carbocycles. The maximum atomic E-state index is 14.3. The van der Waals surface area contributed by atoms with E-state index in [-0.39, 0.29) is 37.3 Å². The quantitative estimate of drug-likeness (QED) is 0.229. The fourth-order valence-electron chi connectivity index (χ4n) is 9.65. The lowest BCUT2D eigenvalue weighted by molar-refractivity contribution is -0.318. The van der Waals surface area contributed by atoms with Crippen molar-refractivity contribution in [2.24, 2.45) is 17.8 Å². The first-order chi connectivity index (χ1) is 27.0. The number of aliphatic hydroxyl groups is 5. The molecule has 0 spiro atoms. The van der Waals surface area contributed by atoms with Gasteiger partial charge < -0.3 is 58.9 Å². The normalized spacial score (nSPS) is 45.6. The highest BCUT2D eigenvalue weighted by Crippen LogP contribution is 2.40. The minimum absolute atomic E-state index is 0.124. The van der Waals surface area contributed by atoms with E-state index in [1.807, 2.05) is 70.1 Å². The molecular weight excluding hydrogens is 748 g/mol. The summed E-state index contributed by atoms with van der Waals surface area (Å²) in [5.41, 5.74) is -3.34. The van der Waals surface area contributed by atoms with Crippen LogP contribution in [-0.2, 0) is 39.8 Å². The molecule has 0 bridgehead atoms. The molecule has 0 saturated carbocycles. The highest BCUT2D eigenvalue weighted by atomic mass is 16.7. The predicted molar refractivity (Wildman–Crippen MR) is 218 cm³/mol. The Hall–Kier alpha value is -1.79. The number of likely N-dealkylation sites (N-methyl/N-ethyl adjacent to an activating group) is 2. The van der Waals surface area contributed by atoms with Crippen molar-refractivity contribution in [1.82, 2.24) is 9.80 Å². The zero-order chi connectivity index (χ0) is 43.5. The fourth-order valence-corrected chi connectivity index (χ4v) is 9.65. The molecule has 0 aromatic heterocycles. The van der Waals surface area contributed by atoms with Crippen molar-refractivity contribution in [2.75, 3.05) is 27.7 Å². The van der Waals surface area contributed by atoms with E-state index in [1.165, 1.54) is 14.0 Å². The third kappa shape index (κ3) is 11.2. The van der Waals surface area contributed by atoms with Gasteiger partial charge in [0.15, 0.2) is 12.6 Å². The monoisotopic (exact) mass is 825 g/mol. The van der Waals surface area contributed by atoms with Crippen LogP contribution in [0.15, 0.2) is 30.3 Å². The Balaban J connectivity index is 1.79. The van der Waals surface area contributed by atoms with Gasteiger partial charge in [0.2, 0.25) is 0 Å². The minimum atomic E-state index is -1.81. The highest BCUT2D eigenvalue weighted by Gasteiger charge is 2.52. The first kappa shape index (κ1) is 48.9. The third-order valence-corrected chi connectivity index (χ3v) is 13.4. The predicted octanol–water partition coefficient (Wildman–Crippen LogP) is 3.47. The van der Waals surface area contributed by atoms with Crippen molar-refractivity contribution in [3.8, 4) is 0 Å². The van der Waals surface area contributed by atoms with Crippen molar-refractivity contribution in [2.45, 2.75) is 192 Å². The smallest absolute Gasteiger partial charge is 0.311 e. The molecule has 14 nitrogen and oxygen atoms in total. The second kappa shape index (κ2) is 19.9. The SMILES string of the molecule is CC[C@H]1OC(=O)[C@H](C)[C@@H](O[C@H]2C[C@@](C)(OC)[C@@H](O)[C@H](C)O2)[C@H](C)[C@@H](O[C@@H]2O[C@H](C)C[C@H](N(C)Cc3ccccc3)[C@H]2O)[C@@](C)(O)C[C@@H](C)CN(C)[C@H](C)[C@@H](O)[C@]1(C)O. The summed E-state index contributed by atoms with van der Waals surface area (Å²) in [4.78, 5) is 18.4. The van der Waals surface area contributed by atoms with Crippen molar-refractivity contribution in [3.05, 3.63) is 35.9 Å². The van der Waals surface area contributed by atoms with Crippen LogP contribution in [0.1, 0.15) is 100 Å². The van der Waals surface area contributed by atoms with E-state index in [9.17, 15) is 30.3 Å². The molecule has 0 unspecified atom stereocenters. The number of hydrogen-bond acceptors (Lipinski definition) is 14. The summed E-state index contributed by atoms with van der Waals surface area (Å²) in [6.45, 7) is 18.7. The maximum Gasteiger partial charge on any atom is 0.311 e. The molecule has 3 aliphatic heterocycles. The number of carbonyl (C=O) groups excluding carboxylic acids is 1. The van der Waals surface area contributed by atoms with Crippen LogP contribution >= 0.6 is 0 Å².